The molecule has 0 aliphatic carbocycles. The molecule has 7 nitrogen and oxygen atoms in total. The molecule has 0 radical (unpaired) electrons. The molecular weight excluding hydrogens is 365 g/mol. The number of pyridine rings is 1. The van der Waals surface area contributed by atoms with E-state index < -0.39 is 11.4 Å². The Kier molecular flexibility index (Phi) is 4.72. The number of aromatic nitrogens is 1. The van der Waals surface area contributed by atoms with Gasteiger partial charge in [-0.2, -0.15) is 0 Å². The van der Waals surface area contributed by atoms with E-state index in [1.807, 2.05) is 0 Å². The Bertz CT molecular complexity index is 912. The average Bonchev–Trinajstić information content (AvgIpc) is 2.70. The topological polar surface area (TPSA) is 83.0 Å². The molecule has 2 saturated heterocycles. The fourth-order valence-corrected chi connectivity index (χ4v) is 3.74. The summed E-state index contributed by atoms with van der Waals surface area (Å²) in [6.45, 7) is 1.17. The Morgan fingerprint density at radius 2 is 2.00 bits per heavy atom. The molecule has 1 aromatic heterocycles. The van der Waals surface area contributed by atoms with E-state index in [1.54, 1.807) is 21.9 Å². The van der Waals surface area contributed by atoms with Gasteiger partial charge >= 0.3 is 0 Å². The van der Waals surface area contributed by atoms with Gasteiger partial charge in [-0.05, 0) is 37.1 Å². The predicted octanol–water partition coefficient (Wildman–Crippen LogP) is 1.96. The zero-order chi connectivity index (χ0) is 19.7. The zero-order valence-corrected chi connectivity index (χ0v) is 15.2. The van der Waals surface area contributed by atoms with Crippen molar-refractivity contribution >= 4 is 17.5 Å². The SMILES string of the molecule is O=C(c1cncc(O)c1)N1CCC2(CC1)CN(c1cccc(F)c1)C(=O)CO2. The van der Waals surface area contributed by atoms with E-state index in [0.717, 1.165) is 0 Å². The number of morpholine rings is 1. The summed E-state index contributed by atoms with van der Waals surface area (Å²) >= 11 is 0. The molecule has 1 spiro atoms. The molecule has 2 aromatic rings. The number of rotatable bonds is 2. The van der Waals surface area contributed by atoms with Crippen molar-refractivity contribution in [2.24, 2.45) is 0 Å². The van der Waals surface area contributed by atoms with Gasteiger partial charge in [0.15, 0.2) is 0 Å². The Morgan fingerprint density at radius 3 is 2.71 bits per heavy atom. The van der Waals surface area contributed by atoms with Crippen LogP contribution in [0.15, 0.2) is 42.7 Å². The smallest absolute Gasteiger partial charge is 0.255 e. The van der Waals surface area contributed by atoms with Crippen LogP contribution in [0.3, 0.4) is 0 Å². The van der Waals surface area contributed by atoms with E-state index in [-0.39, 0.29) is 24.2 Å². The highest BCUT2D eigenvalue weighted by atomic mass is 19.1. The maximum absolute atomic E-state index is 13.6. The number of hydrogen-bond donors (Lipinski definition) is 1. The fourth-order valence-electron chi connectivity index (χ4n) is 3.74. The van der Waals surface area contributed by atoms with Crippen molar-refractivity contribution in [2.45, 2.75) is 18.4 Å². The van der Waals surface area contributed by atoms with Gasteiger partial charge in [0.05, 0.1) is 23.9 Å². The van der Waals surface area contributed by atoms with E-state index in [4.69, 9.17) is 4.74 Å². The third kappa shape index (κ3) is 3.55. The van der Waals surface area contributed by atoms with Crippen LogP contribution in [0, 0.1) is 5.82 Å². The standard InChI is InChI=1S/C20H20FN3O4/c21-15-2-1-3-16(9-15)24-13-20(28-12-18(24)26)4-6-23(7-5-20)19(27)14-8-17(25)11-22-10-14/h1-3,8-11,25H,4-7,12-13H2. The maximum atomic E-state index is 13.6. The molecule has 0 atom stereocenters. The second kappa shape index (κ2) is 7.20. The maximum Gasteiger partial charge on any atom is 0.255 e. The number of likely N-dealkylation sites (tertiary alicyclic amines) is 1. The summed E-state index contributed by atoms with van der Waals surface area (Å²) in [5.74, 6) is -0.863. The number of benzene rings is 1. The molecule has 2 aliphatic rings. The van der Waals surface area contributed by atoms with Gasteiger partial charge in [0, 0.05) is 25.0 Å². The lowest BCUT2D eigenvalue weighted by Gasteiger charge is -2.47. The van der Waals surface area contributed by atoms with Crippen molar-refractivity contribution in [1.82, 2.24) is 9.88 Å². The van der Waals surface area contributed by atoms with Crippen molar-refractivity contribution in [3.63, 3.8) is 0 Å². The molecule has 0 bridgehead atoms. The van der Waals surface area contributed by atoms with Crippen LogP contribution >= 0.6 is 0 Å². The molecule has 2 amide bonds. The molecule has 1 aromatic carbocycles. The first-order valence-electron chi connectivity index (χ1n) is 9.09. The number of aromatic hydroxyl groups is 1. The second-order valence-electron chi connectivity index (χ2n) is 7.16. The van der Waals surface area contributed by atoms with E-state index in [2.05, 4.69) is 4.98 Å². The van der Waals surface area contributed by atoms with Gasteiger partial charge in [-0.15, -0.1) is 0 Å². The van der Waals surface area contributed by atoms with Crippen LogP contribution in [0.5, 0.6) is 5.75 Å². The summed E-state index contributed by atoms with van der Waals surface area (Å²) < 4.78 is 19.5. The average molecular weight is 385 g/mol. The number of carbonyl (C=O) groups is 2. The predicted molar refractivity (Wildman–Crippen MR) is 98.5 cm³/mol. The van der Waals surface area contributed by atoms with Gasteiger partial charge in [-0.25, -0.2) is 4.39 Å². The summed E-state index contributed by atoms with van der Waals surface area (Å²) in [5.41, 5.74) is 0.280. The van der Waals surface area contributed by atoms with Crippen LogP contribution < -0.4 is 4.90 Å². The van der Waals surface area contributed by atoms with Gasteiger partial charge in [-0.1, -0.05) is 6.07 Å². The Hall–Kier alpha value is -3.00. The minimum absolute atomic E-state index is 0.0563. The van der Waals surface area contributed by atoms with E-state index in [9.17, 15) is 19.1 Å². The minimum Gasteiger partial charge on any atom is -0.506 e. The first-order valence-corrected chi connectivity index (χ1v) is 9.09. The van der Waals surface area contributed by atoms with Gasteiger partial charge in [0.1, 0.15) is 18.2 Å². The number of carbonyl (C=O) groups excluding carboxylic acids is 2. The molecule has 4 rings (SSSR count). The van der Waals surface area contributed by atoms with Gasteiger partial charge in [0.25, 0.3) is 11.8 Å². The molecule has 8 heteroatoms. The van der Waals surface area contributed by atoms with Crippen LogP contribution in [-0.4, -0.2) is 58.6 Å². The molecule has 146 valence electrons. The number of amides is 2. The van der Waals surface area contributed by atoms with Crippen molar-refractivity contribution in [1.29, 1.82) is 0 Å². The number of piperidine rings is 1. The summed E-state index contributed by atoms with van der Waals surface area (Å²) in [7, 11) is 0. The summed E-state index contributed by atoms with van der Waals surface area (Å²) in [6.07, 6.45) is 3.82. The highest BCUT2D eigenvalue weighted by molar-refractivity contribution is 5.95. The number of anilines is 1. The highest BCUT2D eigenvalue weighted by Crippen LogP contribution is 2.33. The largest absolute Gasteiger partial charge is 0.506 e. The number of hydrogen-bond acceptors (Lipinski definition) is 5. The molecule has 0 unspecified atom stereocenters. The zero-order valence-electron chi connectivity index (χ0n) is 15.2. The van der Waals surface area contributed by atoms with Crippen LogP contribution in [0.4, 0.5) is 10.1 Å². The van der Waals surface area contributed by atoms with Crippen LogP contribution in [-0.2, 0) is 9.53 Å². The lowest BCUT2D eigenvalue weighted by atomic mass is 9.88. The van der Waals surface area contributed by atoms with E-state index >= 15 is 0 Å². The Labute approximate surface area is 161 Å². The highest BCUT2D eigenvalue weighted by Gasteiger charge is 2.43. The molecule has 28 heavy (non-hydrogen) atoms. The van der Waals surface area contributed by atoms with Crippen LogP contribution in [0.25, 0.3) is 0 Å². The van der Waals surface area contributed by atoms with Crippen LogP contribution in [0.2, 0.25) is 0 Å². The molecule has 2 aliphatic heterocycles. The summed E-state index contributed by atoms with van der Waals surface area (Å²) in [5, 5.41) is 9.52. The summed E-state index contributed by atoms with van der Waals surface area (Å²) in [6, 6.07) is 7.34. The third-order valence-electron chi connectivity index (χ3n) is 5.30. The van der Waals surface area contributed by atoms with Gasteiger partial charge in [0.2, 0.25) is 0 Å². The number of ether oxygens (including phenoxy) is 1. The minimum atomic E-state index is -0.561. The first kappa shape index (κ1) is 18.4. The van der Waals surface area contributed by atoms with Crippen molar-refractivity contribution in [2.75, 3.05) is 31.1 Å². The van der Waals surface area contributed by atoms with Crippen molar-refractivity contribution in [3.8, 4) is 5.75 Å². The number of halogens is 1. The normalized spacial score (nSPS) is 19.1. The molecule has 0 saturated carbocycles. The van der Waals surface area contributed by atoms with E-state index in [0.29, 0.717) is 43.7 Å². The van der Waals surface area contributed by atoms with Crippen molar-refractivity contribution in [3.05, 3.63) is 54.1 Å². The summed E-state index contributed by atoms with van der Waals surface area (Å²) in [4.78, 5) is 32.0. The third-order valence-corrected chi connectivity index (χ3v) is 5.30. The monoisotopic (exact) mass is 385 g/mol. The first-order chi connectivity index (χ1) is 13.5. The van der Waals surface area contributed by atoms with E-state index in [1.165, 1.54) is 30.6 Å². The molecule has 1 N–H and O–H groups in total. The van der Waals surface area contributed by atoms with Crippen molar-refractivity contribution < 1.29 is 23.8 Å². The molecular formula is C20H20FN3O4. The fraction of sp³-hybridized carbons (Fsp3) is 0.350. The van der Waals surface area contributed by atoms with Gasteiger partial charge < -0.3 is 19.6 Å². The number of nitrogens with zero attached hydrogens (tertiary/aromatic N) is 3. The lowest BCUT2D eigenvalue weighted by Crippen LogP contribution is -2.59. The Balaban J connectivity index is 1.46. The van der Waals surface area contributed by atoms with Gasteiger partial charge in [-0.3, -0.25) is 14.6 Å². The second-order valence-corrected chi connectivity index (χ2v) is 7.16. The van der Waals surface area contributed by atoms with Crippen LogP contribution in [0.1, 0.15) is 23.2 Å². The lowest BCUT2D eigenvalue weighted by molar-refractivity contribution is -0.143. The quantitative estimate of drug-likeness (QED) is 0.855. The molecule has 2 fully saturated rings. The molecule has 3 heterocycles. The Morgan fingerprint density at radius 1 is 1.21 bits per heavy atom.